The first-order valence-corrected chi connectivity index (χ1v) is 11.6. The molecule has 0 saturated heterocycles. The number of unbranched alkanes of at least 4 members (excludes halogenated alkanes) is 5. The molecule has 0 aliphatic carbocycles. The van der Waals surface area contributed by atoms with Crippen molar-refractivity contribution < 1.29 is 14.3 Å². The van der Waals surface area contributed by atoms with Gasteiger partial charge in [-0.25, -0.2) is 4.79 Å². The number of hydrogen-bond acceptors (Lipinski definition) is 3. The Morgan fingerprint density at radius 1 is 0.800 bits per heavy atom. The molecule has 0 N–H and O–H groups in total. The molecule has 30 heavy (non-hydrogen) atoms. The SMILES string of the molecule is CCCCCCCOCC(C)OC(=O)c1ccc(-c2ccc(CCCC)cc2)cc1. The van der Waals surface area contributed by atoms with Crippen molar-refractivity contribution in [3.05, 3.63) is 59.7 Å². The molecular weight excluding hydrogens is 372 g/mol. The predicted molar refractivity (Wildman–Crippen MR) is 125 cm³/mol. The summed E-state index contributed by atoms with van der Waals surface area (Å²) in [6.45, 7) is 7.49. The van der Waals surface area contributed by atoms with Crippen molar-refractivity contribution in [2.45, 2.75) is 78.2 Å². The lowest BCUT2D eigenvalue weighted by Gasteiger charge is -2.14. The minimum atomic E-state index is -0.296. The van der Waals surface area contributed by atoms with E-state index in [1.165, 1.54) is 44.1 Å². The number of hydrogen-bond donors (Lipinski definition) is 0. The average Bonchev–Trinajstić information content (AvgIpc) is 2.77. The van der Waals surface area contributed by atoms with Crippen LogP contribution in [0.1, 0.15) is 81.6 Å². The maximum absolute atomic E-state index is 12.4. The highest BCUT2D eigenvalue weighted by Crippen LogP contribution is 2.21. The zero-order valence-electron chi connectivity index (χ0n) is 19.0. The monoisotopic (exact) mass is 410 g/mol. The van der Waals surface area contributed by atoms with Crippen LogP contribution in [0.4, 0.5) is 0 Å². The number of ether oxygens (including phenoxy) is 2. The van der Waals surface area contributed by atoms with Crippen LogP contribution in [0.15, 0.2) is 48.5 Å². The minimum Gasteiger partial charge on any atom is -0.457 e. The van der Waals surface area contributed by atoms with Crippen LogP contribution in [0, 0.1) is 0 Å². The molecule has 0 amide bonds. The third-order valence-electron chi connectivity index (χ3n) is 5.28. The van der Waals surface area contributed by atoms with Gasteiger partial charge in [0.15, 0.2) is 0 Å². The van der Waals surface area contributed by atoms with Gasteiger partial charge in [0.1, 0.15) is 6.10 Å². The average molecular weight is 411 g/mol. The van der Waals surface area contributed by atoms with Crippen molar-refractivity contribution in [1.29, 1.82) is 0 Å². The molecular formula is C27H38O3. The summed E-state index contributed by atoms with van der Waals surface area (Å²) in [5, 5.41) is 0. The van der Waals surface area contributed by atoms with Crippen molar-refractivity contribution in [3.63, 3.8) is 0 Å². The first-order chi connectivity index (χ1) is 14.6. The van der Waals surface area contributed by atoms with Gasteiger partial charge in [-0.1, -0.05) is 82.3 Å². The van der Waals surface area contributed by atoms with Crippen LogP contribution in [-0.2, 0) is 15.9 Å². The molecule has 0 aliphatic heterocycles. The first kappa shape index (κ1) is 24.1. The van der Waals surface area contributed by atoms with Gasteiger partial charge < -0.3 is 9.47 Å². The van der Waals surface area contributed by atoms with Gasteiger partial charge in [0.2, 0.25) is 0 Å². The van der Waals surface area contributed by atoms with Gasteiger partial charge in [0.25, 0.3) is 0 Å². The highest BCUT2D eigenvalue weighted by molar-refractivity contribution is 5.90. The fraction of sp³-hybridized carbons (Fsp3) is 0.519. The van der Waals surface area contributed by atoms with Crippen LogP contribution in [0.3, 0.4) is 0 Å². The van der Waals surface area contributed by atoms with Crippen molar-refractivity contribution >= 4 is 5.97 Å². The van der Waals surface area contributed by atoms with E-state index in [9.17, 15) is 4.79 Å². The van der Waals surface area contributed by atoms with E-state index in [4.69, 9.17) is 9.47 Å². The summed E-state index contributed by atoms with van der Waals surface area (Å²) in [6.07, 6.45) is 9.39. The Morgan fingerprint density at radius 3 is 2.03 bits per heavy atom. The summed E-state index contributed by atoms with van der Waals surface area (Å²) in [5.41, 5.74) is 4.21. The van der Waals surface area contributed by atoms with Gasteiger partial charge in [-0.3, -0.25) is 0 Å². The van der Waals surface area contributed by atoms with E-state index >= 15 is 0 Å². The molecule has 1 unspecified atom stereocenters. The van der Waals surface area contributed by atoms with E-state index < -0.39 is 0 Å². The van der Waals surface area contributed by atoms with Crippen LogP contribution in [-0.4, -0.2) is 25.3 Å². The molecule has 0 aromatic heterocycles. The summed E-state index contributed by atoms with van der Waals surface area (Å²) in [7, 11) is 0. The standard InChI is InChI=1S/C27H38O3/c1-4-6-8-9-10-20-29-21-22(3)30-27(28)26-18-16-25(17-19-26)24-14-12-23(13-15-24)11-7-5-2/h12-19,22H,4-11,20-21H2,1-3H3. The van der Waals surface area contributed by atoms with Gasteiger partial charge in [0.05, 0.1) is 12.2 Å². The predicted octanol–water partition coefficient (Wildman–Crippen LogP) is 7.23. The minimum absolute atomic E-state index is 0.247. The molecule has 0 spiro atoms. The molecule has 0 heterocycles. The van der Waals surface area contributed by atoms with Crippen molar-refractivity contribution in [3.8, 4) is 11.1 Å². The Hall–Kier alpha value is -2.13. The largest absolute Gasteiger partial charge is 0.457 e. The van der Waals surface area contributed by atoms with Crippen LogP contribution in [0.5, 0.6) is 0 Å². The van der Waals surface area contributed by atoms with Crippen molar-refractivity contribution in [1.82, 2.24) is 0 Å². The molecule has 0 fully saturated rings. The molecule has 2 aromatic carbocycles. The van der Waals surface area contributed by atoms with Gasteiger partial charge in [-0.05, 0) is 55.0 Å². The van der Waals surface area contributed by atoms with Gasteiger partial charge in [-0.15, -0.1) is 0 Å². The molecule has 2 aromatic rings. The summed E-state index contributed by atoms with van der Waals surface area (Å²) in [5.74, 6) is -0.296. The highest BCUT2D eigenvalue weighted by Gasteiger charge is 2.12. The second-order valence-corrected chi connectivity index (χ2v) is 8.08. The second kappa shape index (κ2) is 14.0. The van der Waals surface area contributed by atoms with Crippen LogP contribution < -0.4 is 0 Å². The van der Waals surface area contributed by atoms with E-state index in [1.54, 1.807) is 0 Å². The zero-order valence-corrected chi connectivity index (χ0v) is 19.0. The topological polar surface area (TPSA) is 35.5 Å². The Morgan fingerprint density at radius 2 is 1.40 bits per heavy atom. The molecule has 0 saturated carbocycles. The number of carbonyl (C=O) groups is 1. The molecule has 164 valence electrons. The van der Waals surface area contributed by atoms with Gasteiger partial charge >= 0.3 is 5.97 Å². The van der Waals surface area contributed by atoms with E-state index in [2.05, 4.69) is 38.1 Å². The summed E-state index contributed by atoms with van der Waals surface area (Å²) >= 11 is 0. The molecule has 0 radical (unpaired) electrons. The van der Waals surface area contributed by atoms with Crippen molar-refractivity contribution in [2.75, 3.05) is 13.2 Å². The quantitative estimate of drug-likeness (QED) is 0.243. The Bertz CT molecular complexity index is 719. The number of aryl methyl sites for hydroxylation is 1. The summed E-state index contributed by atoms with van der Waals surface area (Å²) in [6, 6.07) is 16.3. The molecule has 0 aliphatic rings. The lowest BCUT2D eigenvalue weighted by molar-refractivity contribution is 0.00152. The van der Waals surface area contributed by atoms with E-state index in [1.807, 2.05) is 31.2 Å². The summed E-state index contributed by atoms with van der Waals surface area (Å²) in [4.78, 5) is 12.4. The molecule has 2 rings (SSSR count). The van der Waals surface area contributed by atoms with E-state index in [-0.39, 0.29) is 12.1 Å². The first-order valence-electron chi connectivity index (χ1n) is 11.6. The van der Waals surface area contributed by atoms with E-state index in [0.29, 0.717) is 12.2 Å². The Balaban J connectivity index is 1.76. The maximum Gasteiger partial charge on any atom is 0.338 e. The third kappa shape index (κ3) is 8.71. The van der Waals surface area contributed by atoms with Crippen molar-refractivity contribution in [2.24, 2.45) is 0 Å². The number of rotatable bonds is 14. The third-order valence-corrected chi connectivity index (χ3v) is 5.28. The Kier molecular flexibility index (Phi) is 11.2. The highest BCUT2D eigenvalue weighted by atomic mass is 16.6. The van der Waals surface area contributed by atoms with Crippen LogP contribution in [0.2, 0.25) is 0 Å². The number of esters is 1. The Labute approximate surface area is 182 Å². The molecule has 3 nitrogen and oxygen atoms in total. The number of benzene rings is 2. The maximum atomic E-state index is 12.4. The van der Waals surface area contributed by atoms with Gasteiger partial charge in [0, 0.05) is 6.61 Å². The number of carbonyl (C=O) groups excluding carboxylic acids is 1. The molecule has 3 heteroatoms. The lowest BCUT2D eigenvalue weighted by atomic mass is 10.0. The smallest absolute Gasteiger partial charge is 0.338 e. The summed E-state index contributed by atoms with van der Waals surface area (Å²) < 4.78 is 11.2. The fourth-order valence-corrected chi connectivity index (χ4v) is 3.39. The second-order valence-electron chi connectivity index (χ2n) is 8.08. The molecule has 1 atom stereocenters. The lowest BCUT2D eigenvalue weighted by Crippen LogP contribution is -2.20. The molecule has 0 bridgehead atoms. The van der Waals surface area contributed by atoms with Crippen LogP contribution >= 0.6 is 0 Å². The normalized spacial score (nSPS) is 12.0. The fourth-order valence-electron chi connectivity index (χ4n) is 3.39. The van der Waals surface area contributed by atoms with Gasteiger partial charge in [-0.2, -0.15) is 0 Å². The zero-order chi connectivity index (χ0) is 21.6. The van der Waals surface area contributed by atoms with Crippen LogP contribution in [0.25, 0.3) is 11.1 Å². The van der Waals surface area contributed by atoms with E-state index in [0.717, 1.165) is 30.6 Å².